The number of halogens is 1. The van der Waals surface area contributed by atoms with E-state index in [1.807, 2.05) is 6.07 Å². The molecule has 3 rings (SSSR count). The van der Waals surface area contributed by atoms with Crippen LogP contribution < -0.4 is 11.1 Å². The van der Waals surface area contributed by atoms with E-state index in [4.69, 9.17) is 5.73 Å². The molecule has 2 fully saturated rings. The quantitative estimate of drug-likeness (QED) is 0.777. The van der Waals surface area contributed by atoms with Crippen molar-refractivity contribution in [3.05, 3.63) is 22.7 Å². The SMILES string of the molecule is CC12CCC(C1)C(C)(C)C2Nc1ccc(Br)cc1N. The molecule has 2 bridgehead atoms. The van der Waals surface area contributed by atoms with Gasteiger partial charge >= 0.3 is 0 Å². The van der Waals surface area contributed by atoms with Crippen LogP contribution >= 0.6 is 15.9 Å². The van der Waals surface area contributed by atoms with Crippen LogP contribution in [0.1, 0.15) is 40.0 Å². The Labute approximate surface area is 124 Å². The molecule has 0 aromatic heterocycles. The van der Waals surface area contributed by atoms with Crippen molar-refractivity contribution < 1.29 is 0 Å². The van der Waals surface area contributed by atoms with E-state index in [0.717, 1.165) is 21.8 Å². The summed E-state index contributed by atoms with van der Waals surface area (Å²) in [6, 6.07) is 6.64. The number of hydrogen-bond donors (Lipinski definition) is 2. The zero-order valence-corrected chi connectivity index (χ0v) is 13.5. The fourth-order valence-electron chi connectivity index (χ4n) is 4.48. The number of anilines is 2. The number of fused-ring (bicyclic) bond motifs is 2. The Hall–Kier alpha value is -0.700. The van der Waals surface area contributed by atoms with Crippen LogP contribution in [-0.4, -0.2) is 6.04 Å². The van der Waals surface area contributed by atoms with E-state index in [2.05, 4.69) is 54.2 Å². The minimum absolute atomic E-state index is 0.354. The smallest absolute Gasteiger partial charge is 0.0577 e. The summed E-state index contributed by atoms with van der Waals surface area (Å²) in [5.41, 5.74) is 8.82. The van der Waals surface area contributed by atoms with Crippen LogP contribution in [0.4, 0.5) is 11.4 Å². The van der Waals surface area contributed by atoms with E-state index in [-0.39, 0.29) is 0 Å². The second-order valence-corrected chi connectivity index (χ2v) is 8.14. The van der Waals surface area contributed by atoms with Crippen LogP contribution in [0.2, 0.25) is 0 Å². The standard InChI is InChI=1S/C16H23BrN2/c1-15(2)10-6-7-16(3,9-10)14(15)19-13-5-4-11(17)8-12(13)18/h4-5,8,10,14,19H,6-7,9,18H2,1-3H3. The Morgan fingerprint density at radius 1 is 1.32 bits per heavy atom. The molecule has 3 heteroatoms. The first-order valence-electron chi connectivity index (χ1n) is 7.14. The molecule has 0 aliphatic heterocycles. The van der Waals surface area contributed by atoms with Crippen molar-refractivity contribution in [2.75, 3.05) is 11.1 Å². The zero-order valence-electron chi connectivity index (χ0n) is 12.0. The van der Waals surface area contributed by atoms with Crippen molar-refractivity contribution in [2.24, 2.45) is 16.7 Å². The first kappa shape index (κ1) is 13.3. The lowest BCUT2D eigenvalue weighted by Crippen LogP contribution is -2.45. The minimum atomic E-state index is 0.354. The normalized spacial score (nSPS) is 35.6. The lowest BCUT2D eigenvalue weighted by molar-refractivity contribution is 0.155. The highest BCUT2D eigenvalue weighted by atomic mass is 79.9. The number of benzene rings is 1. The Balaban J connectivity index is 1.90. The number of nitrogens with two attached hydrogens (primary N) is 1. The highest BCUT2D eigenvalue weighted by molar-refractivity contribution is 9.10. The lowest BCUT2D eigenvalue weighted by atomic mass is 9.68. The Morgan fingerprint density at radius 2 is 2.05 bits per heavy atom. The molecule has 3 atom stereocenters. The summed E-state index contributed by atoms with van der Waals surface area (Å²) >= 11 is 3.47. The third-order valence-electron chi connectivity index (χ3n) is 5.58. The van der Waals surface area contributed by atoms with Gasteiger partial charge in [-0.2, -0.15) is 0 Å². The monoisotopic (exact) mass is 322 g/mol. The molecule has 3 unspecified atom stereocenters. The number of nitrogen functional groups attached to an aromatic ring is 1. The maximum absolute atomic E-state index is 6.14. The van der Waals surface area contributed by atoms with Crippen LogP contribution in [0.15, 0.2) is 22.7 Å². The highest BCUT2D eigenvalue weighted by Crippen LogP contribution is 2.63. The van der Waals surface area contributed by atoms with Gasteiger partial charge in [0, 0.05) is 10.5 Å². The van der Waals surface area contributed by atoms with Gasteiger partial charge in [0.25, 0.3) is 0 Å². The van der Waals surface area contributed by atoms with Gasteiger partial charge in [0.05, 0.1) is 11.4 Å². The van der Waals surface area contributed by atoms with Gasteiger partial charge in [-0.3, -0.25) is 0 Å². The fraction of sp³-hybridized carbons (Fsp3) is 0.625. The van der Waals surface area contributed by atoms with Gasteiger partial charge in [-0.05, 0) is 54.2 Å². The van der Waals surface area contributed by atoms with Gasteiger partial charge < -0.3 is 11.1 Å². The molecule has 2 saturated carbocycles. The van der Waals surface area contributed by atoms with Gasteiger partial charge in [0.15, 0.2) is 0 Å². The lowest BCUT2D eigenvalue weighted by Gasteiger charge is -2.43. The first-order chi connectivity index (χ1) is 8.83. The van der Waals surface area contributed by atoms with E-state index < -0.39 is 0 Å². The van der Waals surface area contributed by atoms with E-state index >= 15 is 0 Å². The van der Waals surface area contributed by atoms with E-state index in [9.17, 15) is 0 Å². The van der Waals surface area contributed by atoms with Crippen LogP contribution in [0.25, 0.3) is 0 Å². The second kappa shape index (κ2) is 4.15. The maximum atomic E-state index is 6.14. The molecule has 0 amide bonds. The number of hydrogen-bond acceptors (Lipinski definition) is 2. The zero-order chi connectivity index (χ0) is 13.8. The Bertz CT molecular complexity index is 507. The van der Waals surface area contributed by atoms with Crippen molar-refractivity contribution in [1.29, 1.82) is 0 Å². The van der Waals surface area contributed by atoms with Gasteiger partial charge in [-0.15, -0.1) is 0 Å². The van der Waals surface area contributed by atoms with Gasteiger partial charge in [-0.25, -0.2) is 0 Å². The molecule has 0 heterocycles. The second-order valence-electron chi connectivity index (χ2n) is 7.22. The van der Waals surface area contributed by atoms with Gasteiger partial charge in [0.1, 0.15) is 0 Å². The van der Waals surface area contributed by atoms with Crippen molar-refractivity contribution in [2.45, 2.75) is 46.1 Å². The molecule has 19 heavy (non-hydrogen) atoms. The van der Waals surface area contributed by atoms with Crippen LogP contribution in [0, 0.1) is 16.7 Å². The fourth-order valence-corrected chi connectivity index (χ4v) is 4.86. The third-order valence-corrected chi connectivity index (χ3v) is 6.08. The van der Waals surface area contributed by atoms with Gasteiger partial charge in [-0.1, -0.05) is 36.7 Å². The molecule has 2 aliphatic carbocycles. The molecule has 1 aromatic carbocycles. The van der Waals surface area contributed by atoms with Crippen molar-refractivity contribution in [3.63, 3.8) is 0 Å². The van der Waals surface area contributed by atoms with Gasteiger partial charge in [0.2, 0.25) is 0 Å². The molecule has 2 nitrogen and oxygen atoms in total. The summed E-state index contributed by atoms with van der Waals surface area (Å²) in [4.78, 5) is 0. The molecular weight excluding hydrogens is 300 g/mol. The molecule has 0 spiro atoms. The van der Waals surface area contributed by atoms with Crippen LogP contribution in [0.3, 0.4) is 0 Å². The predicted molar refractivity (Wildman–Crippen MR) is 85.2 cm³/mol. The summed E-state index contributed by atoms with van der Waals surface area (Å²) in [6.07, 6.45) is 4.08. The molecule has 104 valence electrons. The van der Waals surface area contributed by atoms with Crippen LogP contribution in [-0.2, 0) is 0 Å². The van der Waals surface area contributed by atoms with Crippen molar-refractivity contribution in [3.8, 4) is 0 Å². The van der Waals surface area contributed by atoms with Crippen molar-refractivity contribution >= 4 is 27.3 Å². The summed E-state index contributed by atoms with van der Waals surface area (Å²) in [6.45, 7) is 7.26. The molecule has 0 radical (unpaired) electrons. The topological polar surface area (TPSA) is 38.0 Å². The largest absolute Gasteiger partial charge is 0.397 e. The molecule has 0 saturated heterocycles. The van der Waals surface area contributed by atoms with E-state index in [1.54, 1.807) is 0 Å². The molecular formula is C16H23BrN2. The first-order valence-corrected chi connectivity index (χ1v) is 7.94. The minimum Gasteiger partial charge on any atom is -0.397 e. The average molecular weight is 323 g/mol. The number of nitrogens with one attached hydrogen (secondary N) is 1. The predicted octanol–water partition coefficient (Wildman–Crippen LogP) is 4.66. The van der Waals surface area contributed by atoms with E-state index in [1.165, 1.54) is 19.3 Å². The Morgan fingerprint density at radius 3 is 2.63 bits per heavy atom. The number of rotatable bonds is 2. The van der Waals surface area contributed by atoms with Crippen molar-refractivity contribution in [1.82, 2.24) is 0 Å². The highest BCUT2D eigenvalue weighted by Gasteiger charge is 2.59. The molecule has 2 aliphatic rings. The van der Waals surface area contributed by atoms with Crippen LogP contribution in [0.5, 0.6) is 0 Å². The Kier molecular flexibility index (Phi) is 2.90. The molecule has 3 N–H and O–H groups in total. The summed E-state index contributed by atoms with van der Waals surface area (Å²) in [7, 11) is 0. The summed E-state index contributed by atoms with van der Waals surface area (Å²) < 4.78 is 1.04. The van der Waals surface area contributed by atoms with E-state index in [0.29, 0.717) is 16.9 Å². The molecule has 1 aromatic rings. The third kappa shape index (κ3) is 1.97. The average Bonchev–Trinajstić information content (AvgIpc) is 2.78. The summed E-state index contributed by atoms with van der Waals surface area (Å²) in [5.74, 6) is 0.853. The maximum Gasteiger partial charge on any atom is 0.0577 e. The summed E-state index contributed by atoms with van der Waals surface area (Å²) in [5, 5.41) is 3.75.